The number of hydrogen-bond acceptors (Lipinski definition) is 4. The molecule has 6 heteroatoms. The van der Waals surface area contributed by atoms with Gasteiger partial charge in [0, 0.05) is 59.1 Å². The molecule has 25 heavy (non-hydrogen) atoms. The Morgan fingerprint density at radius 1 is 0.960 bits per heavy atom. The summed E-state index contributed by atoms with van der Waals surface area (Å²) in [5, 5.41) is 11.8. The minimum Gasteiger partial charge on any atom is -0.391 e. The number of thioether (sulfide) groups is 1. The summed E-state index contributed by atoms with van der Waals surface area (Å²) < 4.78 is 0. The minimum atomic E-state index is -0.335. The molecular formula is C19H22Cl2N2OS. The van der Waals surface area contributed by atoms with Crippen LogP contribution in [0.1, 0.15) is 0 Å². The lowest BCUT2D eigenvalue weighted by atomic mass is 10.2. The first kappa shape index (κ1) is 18.9. The van der Waals surface area contributed by atoms with Crippen LogP contribution in [0.4, 0.5) is 5.69 Å². The Kier molecular flexibility index (Phi) is 6.91. The van der Waals surface area contributed by atoms with E-state index in [1.54, 1.807) is 11.8 Å². The third-order valence-corrected chi connectivity index (χ3v) is 5.91. The van der Waals surface area contributed by atoms with E-state index < -0.39 is 0 Å². The number of β-amino-alcohol motifs (C(OH)–C–C–N with tert-alkyl or cyclic N) is 1. The molecule has 0 aromatic heterocycles. The van der Waals surface area contributed by atoms with Crippen LogP contribution in [-0.4, -0.2) is 54.6 Å². The van der Waals surface area contributed by atoms with Gasteiger partial charge in [0.1, 0.15) is 0 Å². The summed E-state index contributed by atoms with van der Waals surface area (Å²) in [5.74, 6) is 0.691. The molecule has 134 valence electrons. The van der Waals surface area contributed by atoms with Crippen LogP contribution in [0, 0.1) is 0 Å². The zero-order chi connectivity index (χ0) is 17.6. The summed E-state index contributed by atoms with van der Waals surface area (Å²) >= 11 is 13.6. The Hall–Kier alpha value is -0.910. The fourth-order valence-electron chi connectivity index (χ4n) is 2.94. The predicted octanol–water partition coefficient (Wildman–Crippen LogP) is 4.27. The number of benzene rings is 2. The normalized spacial score (nSPS) is 16.8. The second-order valence-corrected chi connectivity index (χ2v) is 8.15. The summed E-state index contributed by atoms with van der Waals surface area (Å²) in [6, 6.07) is 15.7. The van der Waals surface area contributed by atoms with Crippen LogP contribution in [0.2, 0.25) is 10.0 Å². The third kappa shape index (κ3) is 5.80. The van der Waals surface area contributed by atoms with Crippen LogP contribution in [0.15, 0.2) is 53.4 Å². The zero-order valence-corrected chi connectivity index (χ0v) is 16.3. The molecule has 1 aliphatic rings. The molecule has 1 aliphatic heterocycles. The third-order valence-electron chi connectivity index (χ3n) is 4.27. The molecular weight excluding hydrogens is 375 g/mol. The van der Waals surface area contributed by atoms with Gasteiger partial charge in [0.2, 0.25) is 0 Å². The van der Waals surface area contributed by atoms with Crippen molar-refractivity contribution >= 4 is 40.7 Å². The molecule has 1 N–H and O–H groups in total. The van der Waals surface area contributed by atoms with E-state index in [4.69, 9.17) is 23.2 Å². The predicted molar refractivity (Wildman–Crippen MR) is 108 cm³/mol. The Morgan fingerprint density at radius 3 is 2.36 bits per heavy atom. The molecule has 0 saturated carbocycles. The van der Waals surface area contributed by atoms with Crippen LogP contribution < -0.4 is 4.90 Å². The minimum absolute atomic E-state index is 0.335. The molecule has 0 spiro atoms. The zero-order valence-electron chi connectivity index (χ0n) is 13.9. The molecule has 2 aromatic carbocycles. The molecule has 1 atom stereocenters. The largest absolute Gasteiger partial charge is 0.391 e. The van der Waals surface area contributed by atoms with Crippen molar-refractivity contribution < 1.29 is 5.11 Å². The summed E-state index contributed by atoms with van der Waals surface area (Å²) in [6.07, 6.45) is -0.335. The highest BCUT2D eigenvalue weighted by Gasteiger charge is 2.19. The molecule has 3 nitrogen and oxygen atoms in total. The van der Waals surface area contributed by atoms with E-state index in [0.29, 0.717) is 12.3 Å². The van der Waals surface area contributed by atoms with Gasteiger partial charge in [-0.2, -0.15) is 0 Å². The maximum Gasteiger partial charge on any atom is 0.0760 e. The smallest absolute Gasteiger partial charge is 0.0760 e. The highest BCUT2D eigenvalue weighted by Crippen LogP contribution is 2.23. The number of rotatable bonds is 6. The molecule has 0 amide bonds. The number of aliphatic hydroxyl groups excluding tert-OH is 1. The van der Waals surface area contributed by atoms with Crippen molar-refractivity contribution in [2.45, 2.75) is 11.0 Å². The van der Waals surface area contributed by atoms with E-state index in [-0.39, 0.29) is 6.10 Å². The monoisotopic (exact) mass is 396 g/mol. The first-order valence-electron chi connectivity index (χ1n) is 8.39. The van der Waals surface area contributed by atoms with E-state index >= 15 is 0 Å². The molecule has 0 aliphatic carbocycles. The summed E-state index contributed by atoms with van der Waals surface area (Å²) in [4.78, 5) is 5.81. The van der Waals surface area contributed by atoms with Gasteiger partial charge in [-0.05, 0) is 42.5 Å². The Bertz CT molecular complexity index is 675. The number of piperazine rings is 1. The van der Waals surface area contributed by atoms with Gasteiger partial charge in [0.15, 0.2) is 0 Å². The van der Waals surface area contributed by atoms with Crippen LogP contribution in [0.25, 0.3) is 0 Å². The van der Waals surface area contributed by atoms with E-state index in [1.165, 1.54) is 5.69 Å². The molecule has 1 saturated heterocycles. The number of hydrogen-bond donors (Lipinski definition) is 1. The number of halogens is 2. The van der Waals surface area contributed by atoms with Crippen LogP contribution in [0.5, 0.6) is 0 Å². The molecule has 3 rings (SSSR count). The van der Waals surface area contributed by atoms with Gasteiger partial charge in [-0.3, -0.25) is 4.90 Å². The fraction of sp³-hybridized carbons (Fsp3) is 0.368. The van der Waals surface area contributed by atoms with Crippen LogP contribution in [0.3, 0.4) is 0 Å². The van der Waals surface area contributed by atoms with Gasteiger partial charge in [0.05, 0.1) is 6.10 Å². The highest BCUT2D eigenvalue weighted by atomic mass is 35.5. The summed E-state index contributed by atoms with van der Waals surface area (Å²) in [5.41, 5.74) is 1.17. The van der Waals surface area contributed by atoms with Crippen molar-refractivity contribution in [2.75, 3.05) is 43.4 Å². The van der Waals surface area contributed by atoms with E-state index in [0.717, 1.165) is 41.1 Å². The van der Waals surface area contributed by atoms with Crippen molar-refractivity contribution in [3.8, 4) is 0 Å². The lowest BCUT2D eigenvalue weighted by Crippen LogP contribution is -2.48. The highest BCUT2D eigenvalue weighted by molar-refractivity contribution is 7.99. The van der Waals surface area contributed by atoms with Gasteiger partial charge in [-0.15, -0.1) is 11.8 Å². The maximum atomic E-state index is 10.3. The van der Waals surface area contributed by atoms with Gasteiger partial charge in [-0.1, -0.05) is 29.3 Å². The molecule has 2 aromatic rings. The number of nitrogens with zero attached hydrogens (tertiary/aromatic N) is 2. The first-order chi connectivity index (χ1) is 12.1. The van der Waals surface area contributed by atoms with Gasteiger partial charge in [0.25, 0.3) is 0 Å². The second-order valence-electron chi connectivity index (χ2n) is 6.19. The molecule has 1 heterocycles. The van der Waals surface area contributed by atoms with E-state index in [9.17, 15) is 5.11 Å². The van der Waals surface area contributed by atoms with Crippen molar-refractivity contribution in [3.63, 3.8) is 0 Å². The van der Waals surface area contributed by atoms with Crippen LogP contribution >= 0.6 is 35.0 Å². The molecule has 1 fully saturated rings. The summed E-state index contributed by atoms with van der Waals surface area (Å²) in [7, 11) is 0. The first-order valence-corrected chi connectivity index (χ1v) is 10.1. The lowest BCUT2D eigenvalue weighted by molar-refractivity contribution is 0.126. The fourth-order valence-corrected chi connectivity index (χ4v) is 4.06. The standard InChI is InChI=1S/C19H22Cl2N2OS/c20-15-4-6-19(7-5-15)25-14-18(24)13-22-8-10-23(11-9-22)17-3-1-2-16(21)12-17/h1-7,12,18,24H,8-11,13-14H2/t18-/m1/s1. The Morgan fingerprint density at radius 2 is 1.68 bits per heavy atom. The van der Waals surface area contributed by atoms with Crippen molar-refractivity contribution in [1.82, 2.24) is 4.90 Å². The Balaban J connectivity index is 1.41. The molecule has 0 bridgehead atoms. The number of anilines is 1. The Labute approximate surface area is 163 Å². The quantitative estimate of drug-likeness (QED) is 0.737. The molecule has 0 radical (unpaired) electrons. The molecule has 0 unspecified atom stereocenters. The van der Waals surface area contributed by atoms with Crippen molar-refractivity contribution in [3.05, 3.63) is 58.6 Å². The van der Waals surface area contributed by atoms with Crippen LogP contribution in [-0.2, 0) is 0 Å². The van der Waals surface area contributed by atoms with E-state index in [1.807, 2.05) is 42.5 Å². The topological polar surface area (TPSA) is 26.7 Å². The lowest BCUT2D eigenvalue weighted by Gasteiger charge is -2.37. The van der Waals surface area contributed by atoms with Crippen molar-refractivity contribution in [1.29, 1.82) is 0 Å². The van der Waals surface area contributed by atoms with Crippen molar-refractivity contribution in [2.24, 2.45) is 0 Å². The van der Waals surface area contributed by atoms with Gasteiger partial charge in [-0.25, -0.2) is 0 Å². The second kappa shape index (κ2) is 9.15. The maximum absolute atomic E-state index is 10.3. The van der Waals surface area contributed by atoms with Gasteiger partial charge >= 0.3 is 0 Å². The average Bonchev–Trinajstić information content (AvgIpc) is 2.62. The SMILES string of the molecule is O[C@@H](CSc1ccc(Cl)cc1)CN1CCN(c2cccc(Cl)c2)CC1. The van der Waals surface area contributed by atoms with E-state index in [2.05, 4.69) is 15.9 Å². The summed E-state index contributed by atoms with van der Waals surface area (Å²) in [6.45, 7) is 4.53. The van der Waals surface area contributed by atoms with Gasteiger partial charge < -0.3 is 10.0 Å². The number of aliphatic hydroxyl groups is 1. The average molecular weight is 397 g/mol.